The normalized spacial score (nSPS) is 11.0. The van der Waals surface area contributed by atoms with Gasteiger partial charge in [0.1, 0.15) is 18.2 Å². The number of aliphatic hydroxyl groups excluding tert-OH is 1. The Labute approximate surface area is 142 Å². The molecule has 0 unspecified atom stereocenters. The maximum absolute atomic E-state index is 13.5. The SMILES string of the molecule is CC(C)(CO)NCc1cccc(OCc2ccccc2F)c1.Cl. The Kier molecular flexibility index (Phi) is 7.49. The molecule has 0 bridgehead atoms. The van der Waals surface area contributed by atoms with Gasteiger partial charge in [-0.15, -0.1) is 12.4 Å². The van der Waals surface area contributed by atoms with Crippen molar-refractivity contribution in [2.75, 3.05) is 6.61 Å². The summed E-state index contributed by atoms with van der Waals surface area (Å²) in [5.74, 6) is 0.439. The van der Waals surface area contributed by atoms with Crippen molar-refractivity contribution >= 4 is 12.4 Å². The number of benzene rings is 2. The van der Waals surface area contributed by atoms with E-state index in [2.05, 4.69) is 5.32 Å². The van der Waals surface area contributed by atoms with Gasteiger partial charge >= 0.3 is 0 Å². The van der Waals surface area contributed by atoms with Crippen molar-refractivity contribution < 1.29 is 14.2 Å². The minimum Gasteiger partial charge on any atom is -0.489 e. The van der Waals surface area contributed by atoms with E-state index >= 15 is 0 Å². The fourth-order valence-electron chi connectivity index (χ4n) is 1.92. The molecule has 0 fully saturated rings. The molecule has 0 heterocycles. The third-order valence-electron chi connectivity index (χ3n) is 3.42. The first kappa shape index (κ1) is 19.4. The molecule has 0 aromatic heterocycles. The third-order valence-corrected chi connectivity index (χ3v) is 3.42. The monoisotopic (exact) mass is 339 g/mol. The lowest BCUT2D eigenvalue weighted by atomic mass is 10.1. The number of hydrogen-bond donors (Lipinski definition) is 2. The van der Waals surface area contributed by atoms with Gasteiger partial charge in [0, 0.05) is 17.6 Å². The van der Waals surface area contributed by atoms with E-state index in [0.717, 1.165) is 5.56 Å². The number of aliphatic hydroxyl groups is 1. The number of nitrogens with one attached hydrogen (secondary N) is 1. The minimum absolute atomic E-state index is 0. The lowest BCUT2D eigenvalue weighted by molar-refractivity contribution is 0.187. The van der Waals surface area contributed by atoms with Gasteiger partial charge in [0.25, 0.3) is 0 Å². The summed E-state index contributed by atoms with van der Waals surface area (Å²) in [6, 6.07) is 14.2. The number of rotatable bonds is 7. The molecular formula is C18H23ClFNO2. The molecule has 0 aliphatic heterocycles. The maximum Gasteiger partial charge on any atom is 0.129 e. The van der Waals surface area contributed by atoms with Crippen LogP contribution in [0.1, 0.15) is 25.0 Å². The van der Waals surface area contributed by atoms with Crippen LogP contribution in [-0.4, -0.2) is 17.3 Å². The summed E-state index contributed by atoms with van der Waals surface area (Å²) >= 11 is 0. The zero-order chi connectivity index (χ0) is 16.0. The van der Waals surface area contributed by atoms with Gasteiger partial charge in [-0.25, -0.2) is 4.39 Å². The number of ether oxygens (including phenoxy) is 1. The Morgan fingerprint density at radius 1 is 1.13 bits per heavy atom. The van der Waals surface area contributed by atoms with Crippen LogP contribution in [0.15, 0.2) is 48.5 Å². The molecule has 126 valence electrons. The van der Waals surface area contributed by atoms with Crippen molar-refractivity contribution in [2.45, 2.75) is 32.5 Å². The van der Waals surface area contributed by atoms with Crippen LogP contribution in [0.25, 0.3) is 0 Å². The Morgan fingerprint density at radius 3 is 2.57 bits per heavy atom. The lowest BCUT2D eigenvalue weighted by Gasteiger charge is -2.23. The molecule has 2 aromatic rings. The van der Waals surface area contributed by atoms with E-state index in [1.54, 1.807) is 18.2 Å². The Bertz CT molecular complexity index is 619. The van der Waals surface area contributed by atoms with E-state index in [4.69, 9.17) is 4.74 Å². The van der Waals surface area contributed by atoms with E-state index in [0.29, 0.717) is 17.9 Å². The highest BCUT2D eigenvalue weighted by Crippen LogP contribution is 2.17. The van der Waals surface area contributed by atoms with Crippen molar-refractivity contribution in [3.63, 3.8) is 0 Å². The molecule has 5 heteroatoms. The van der Waals surface area contributed by atoms with Gasteiger partial charge in [0.2, 0.25) is 0 Å². The van der Waals surface area contributed by atoms with E-state index < -0.39 is 0 Å². The first-order valence-corrected chi connectivity index (χ1v) is 7.31. The van der Waals surface area contributed by atoms with Crippen molar-refractivity contribution in [1.82, 2.24) is 5.32 Å². The zero-order valence-corrected chi connectivity index (χ0v) is 14.2. The van der Waals surface area contributed by atoms with Crippen molar-refractivity contribution in [1.29, 1.82) is 0 Å². The highest BCUT2D eigenvalue weighted by Gasteiger charge is 2.14. The summed E-state index contributed by atoms with van der Waals surface area (Å²) in [4.78, 5) is 0. The predicted molar refractivity (Wildman–Crippen MR) is 92.4 cm³/mol. The summed E-state index contributed by atoms with van der Waals surface area (Å²) in [6.45, 7) is 4.77. The van der Waals surface area contributed by atoms with Gasteiger partial charge < -0.3 is 15.2 Å². The summed E-state index contributed by atoms with van der Waals surface area (Å²) in [6.07, 6.45) is 0. The Morgan fingerprint density at radius 2 is 1.87 bits per heavy atom. The summed E-state index contributed by atoms with van der Waals surface area (Å²) in [5, 5.41) is 12.5. The fourth-order valence-corrected chi connectivity index (χ4v) is 1.92. The van der Waals surface area contributed by atoms with Gasteiger partial charge in [0.15, 0.2) is 0 Å². The second-order valence-corrected chi connectivity index (χ2v) is 5.92. The molecule has 3 nitrogen and oxygen atoms in total. The fraction of sp³-hybridized carbons (Fsp3) is 0.333. The molecule has 2 rings (SSSR count). The van der Waals surface area contributed by atoms with Crippen LogP contribution in [0.2, 0.25) is 0 Å². The largest absolute Gasteiger partial charge is 0.489 e. The molecule has 0 aliphatic rings. The highest BCUT2D eigenvalue weighted by atomic mass is 35.5. The number of halogens is 2. The molecule has 0 spiro atoms. The molecule has 0 radical (unpaired) electrons. The average Bonchev–Trinajstić information content (AvgIpc) is 2.53. The van der Waals surface area contributed by atoms with E-state index in [1.165, 1.54) is 6.07 Å². The van der Waals surface area contributed by atoms with Crippen LogP contribution in [0.3, 0.4) is 0 Å². The van der Waals surface area contributed by atoms with Gasteiger partial charge in [-0.1, -0.05) is 30.3 Å². The van der Waals surface area contributed by atoms with Crippen molar-refractivity contribution in [3.8, 4) is 5.75 Å². The van der Waals surface area contributed by atoms with Crippen molar-refractivity contribution in [3.05, 3.63) is 65.5 Å². The molecule has 0 aliphatic carbocycles. The third kappa shape index (κ3) is 6.18. The van der Waals surface area contributed by atoms with Crippen LogP contribution < -0.4 is 10.1 Å². The summed E-state index contributed by atoms with van der Waals surface area (Å²) in [7, 11) is 0. The van der Waals surface area contributed by atoms with Crippen LogP contribution in [0.5, 0.6) is 5.75 Å². The molecular weight excluding hydrogens is 317 g/mol. The molecule has 23 heavy (non-hydrogen) atoms. The predicted octanol–water partition coefficient (Wildman–Crippen LogP) is 3.69. The molecule has 0 amide bonds. The first-order chi connectivity index (χ1) is 10.5. The Hall–Kier alpha value is -1.62. The average molecular weight is 340 g/mol. The quantitative estimate of drug-likeness (QED) is 0.808. The van der Waals surface area contributed by atoms with E-state index in [1.807, 2.05) is 38.1 Å². The molecule has 0 saturated carbocycles. The maximum atomic E-state index is 13.5. The standard InChI is InChI=1S/C18H22FNO2.ClH/c1-18(2,13-21)20-11-14-6-5-8-16(10-14)22-12-15-7-3-4-9-17(15)19;/h3-10,20-21H,11-13H2,1-2H3;1H. The highest BCUT2D eigenvalue weighted by molar-refractivity contribution is 5.85. The first-order valence-electron chi connectivity index (χ1n) is 7.31. The minimum atomic E-state index is -0.329. The van der Waals surface area contributed by atoms with Crippen molar-refractivity contribution in [2.24, 2.45) is 0 Å². The second-order valence-electron chi connectivity index (χ2n) is 5.92. The molecule has 0 atom stereocenters. The lowest BCUT2D eigenvalue weighted by Crippen LogP contribution is -2.42. The zero-order valence-electron chi connectivity index (χ0n) is 13.4. The van der Waals surface area contributed by atoms with Crippen LogP contribution in [0.4, 0.5) is 4.39 Å². The summed E-state index contributed by atoms with van der Waals surface area (Å²) < 4.78 is 19.2. The van der Waals surface area contributed by atoms with Gasteiger partial charge in [-0.05, 0) is 37.6 Å². The van der Waals surface area contributed by atoms with Gasteiger partial charge in [0.05, 0.1) is 6.61 Å². The van der Waals surface area contributed by atoms with E-state index in [-0.39, 0.29) is 37.0 Å². The number of hydrogen-bond acceptors (Lipinski definition) is 3. The van der Waals surface area contributed by atoms with Crippen LogP contribution >= 0.6 is 12.4 Å². The smallest absolute Gasteiger partial charge is 0.129 e. The van der Waals surface area contributed by atoms with E-state index in [9.17, 15) is 9.50 Å². The van der Waals surface area contributed by atoms with Gasteiger partial charge in [-0.3, -0.25) is 0 Å². The molecule has 0 saturated heterocycles. The van der Waals surface area contributed by atoms with Crippen LogP contribution in [-0.2, 0) is 13.2 Å². The second kappa shape index (κ2) is 8.87. The van der Waals surface area contributed by atoms with Crippen LogP contribution in [0, 0.1) is 5.82 Å². The topological polar surface area (TPSA) is 41.5 Å². The van der Waals surface area contributed by atoms with Gasteiger partial charge in [-0.2, -0.15) is 0 Å². The molecule has 2 N–H and O–H groups in total. The molecule has 2 aromatic carbocycles. The Balaban J connectivity index is 0.00000264. The summed E-state index contributed by atoms with van der Waals surface area (Å²) in [5.41, 5.74) is 1.25.